The molecule has 0 saturated carbocycles. The van der Waals surface area contributed by atoms with Gasteiger partial charge in [-0.2, -0.15) is 0 Å². The molecule has 0 aliphatic rings. The number of carbonyl (C=O) groups is 1. The van der Waals surface area contributed by atoms with Crippen molar-refractivity contribution in [2.45, 2.75) is 26.4 Å². The monoisotopic (exact) mass is 257 g/mol. The third-order valence-electron chi connectivity index (χ3n) is 2.09. The largest absolute Gasteiger partial charge is 0.389 e. The molecule has 0 aliphatic heterocycles. The Morgan fingerprint density at radius 3 is 2.53 bits per heavy atom. The highest BCUT2D eigenvalue weighted by molar-refractivity contribution is 6.29. The molecule has 0 saturated heterocycles. The average Bonchev–Trinajstić information content (AvgIpc) is 2.25. The van der Waals surface area contributed by atoms with Gasteiger partial charge in [0.05, 0.1) is 18.0 Å². The molecule has 0 bridgehead atoms. The molecular formula is C11H16ClN3O2. The highest BCUT2D eigenvalue weighted by atomic mass is 35.5. The van der Waals surface area contributed by atoms with E-state index in [1.54, 1.807) is 13.8 Å². The van der Waals surface area contributed by atoms with Crippen LogP contribution in [0.4, 0.5) is 0 Å². The standard InChI is InChI=1S/C11H16ClN3O2/c1-4-15(7-11(2,3)17)10(16)8-5-14-9(12)6-13-8/h5-6,17H,4,7H2,1-3H3. The molecule has 1 aromatic rings. The average molecular weight is 258 g/mol. The van der Waals surface area contributed by atoms with E-state index in [9.17, 15) is 9.90 Å². The second kappa shape index (κ2) is 5.42. The zero-order chi connectivity index (χ0) is 13.1. The Kier molecular flexibility index (Phi) is 4.42. The summed E-state index contributed by atoms with van der Waals surface area (Å²) in [7, 11) is 0. The molecule has 1 N–H and O–H groups in total. The van der Waals surface area contributed by atoms with Crippen LogP contribution < -0.4 is 0 Å². The third-order valence-corrected chi connectivity index (χ3v) is 2.28. The minimum Gasteiger partial charge on any atom is -0.389 e. The van der Waals surface area contributed by atoms with Crippen LogP contribution >= 0.6 is 11.6 Å². The summed E-state index contributed by atoms with van der Waals surface area (Å²) in [6.45, 7) is 5.87. The topological polar surface area (TPSA) is 66.3 Å². The number of hydrogen-bond acceptors (Lipinski definition) is 4. The van der Waals surface area contributed by atoms with Crippen LogP contribution in [0.3, 0.4) is 0 Å². The van der Waals surface area contributed by atoms with Gasteiger partial charge in [0.15, 0.2) is 0 Å². The number of likely N-dealkylation sites (N-methyl/N-ethyl adjacent to an activating group) is 1. The van der Waals surface area contributed by atoms with E-state index in [1.165, 1.54) is 17.3 Å². The van der Waals surface area contributed by atoms with Gasteiger partial charge >= 0.3 is 0 Å². The minimum absolute atomic E-state index is 0.223. The Morgan fingerprint density at radius 2 is 2.12 bits per heavy atom. The summed E-state index contributed by atoms with van der Waals surface area (Å²) >= 11 is 5.60. The Morgan fingerprint density at radius 1 is 1.47 bits per heavy atom. The van der Waals surface area contributed by atoms with Gasteiger partial charge in [0.25, 0.3) is 5.91 Å². The van der Waals surface area contributed by atoms with Gasteiger partial charge in [-0.25, -0.2) is 9.97 Å². The van der Waals surface area contributed by atoms with Gasteiger partial charge < -0.3 is 10.0 Å². The number of hydrogen-bond donors (Lipinski definition) is 1. The summed E-state index contributed by atoms with van der Waals surface area (Å²) in [5.74, 6) is -0.265. The molecule has 1 heterocycles. The van der Waals surface area contributed by atoms with Crippen LogP contribution in [0.2, 0.25) is 5.15 Å². The molecule has 1 aromatic heterocycles. The van der Waals surface area contributed by atoms with Gasteiger partial charge in [0, 0.05) is 13.1 Å². The highest BCUT2D eigenvalue weighted by Gasteiger charge is 2.23. The van der Waals surface area contributed by atoms with Gasteiger partial charge in [-0.3, -0.25) is 4.79 Å². The van der Waals surface area contributed by atoms with Gasteiger partial charge in [-0.1, -0.05) is 11.6 Å². The lowest BCUT2D eigenvalue weighted by molar-refractivity contribution is 0.0311. The zero-order valence-corrected chi connectivity index (χ0v) is 10.9. The number of carbonyl (C=O) groups excluding carboxylic acids is 1. The molecule has 0 unspecified atom stereocenters. The van der Waals surface area contributed by atoms with E-state index in [1.807, 2.05) is 6.92 Å². The van der Waals surface area contributed by atoms with E-state index in [0.717, 1.165) is 0 Å². The first kappa shape index (κ1) is 13.9. The molecular weight excluding hydrogens is 242 g/mol. The van der Waals surface area contributed by atoms with Crippen molar-refractivity contribution in [2.24, 2.45) is 0 Å². The molecule has 0 atom stereocenters. The second-order valence-electron chi connectivity index (χ2n) is 4.36. The van der Waals surface area contributed by atoms with E-state index in [4.69, 9.17) is 11.6 Å². The predicted octanol–water partition coefficient (Wildman–Crippen LogP) is 1.36. The molecule has 0 aliphatic carbocycles. The number of halogens is 1. The number of aromatic nitrogens is 2. The van der Waals surface area contributed by atoms with E-state index in [-0.39, 0.29) is 23.3 Å². The SMILES string of the molecule is CCN(CC(C)(C)O)C(=O)c1cnc(Cl)cn1. The van der Waals surface area contributed by atoms with Gasteiger partial charge in [0.1, 0.15) is 10.8 Å². The van der Waals surface area contributed by atoms with E-state index >= 15 is 0 Å². The van der Waals surface area contributed by atoms with Crippen molar-refractivity contribution in [3.8, 4) is 0 Å². The molecule has 0 aromatic carbocycles. The number of nitrogens with zero attached hydrogens (tertiary/aromatic N) is 3. The van der Waals surface area contributed by atoms with Crippen molar-refractivity contribution >= 4 is 17.5 Å². The highest BCUT2D eigenvalue weighted by Crippen LogP contribution is 2.09. The van der Waals surface area contributed by atoms with Crippen LogP contribution in [0, 0.1) is 0 Å². The molecule has 6 heteroatoms. The van der Waals surface area contributed by atoms with Crippen LogP contribution in [-0.2, 0) is 0 Å². The summed E-state index contributed by atoms with van der Waals surface area (Å²) < 4.78 is 0. The first-order valence-corrected chi connectivity index (χ1v) is 5.70. The van der Waals surface area contributed by atoms with E-state index in [2.05, 4.69) is 9.97 Å². The maximum Gasteiger partial charge on any atom is 0.274 e. The maximum atomic E-state index is 12.0. The van der Waals surface area contributed by atoms with Crippen molar-refractivity contribution < 1.29 is 9.90 Å². The smallest absolute Gasteiger partial charge is 0.274 e. The van der Waals surface area contributed by atoms with Gasteiger partial charge in [-0.05, 0) is 20.8 Å². The first-order chi connectivity index (χ1) is 7.83. The van der Waals surface area contributed by atoms with Crippen LogP contribution in [0.15, 0.2) is 12.4 Å². The van der Waals surface area contributed by atoms with Crippen LogP contribution in [0.5, 0.6) is 0 Å². The summed E-state index contributed by atoms with van der Waals surface area (Å²) in [4.78, 5) is 21.3. The predicted molar refractivity (Wildman–Crippen MR) is 64.9 cm³/mol. The van der Waals surface area contributed by atoms with Crippen molar-refractivity contribution in [3.63, 3.8) is 0 Å². The lowest BCUT2D eigenvalue weighted by Gasteiger charge is -2.27. The molecule has 94 valence electrons. The molecule has 0 fully saturated rings. The van der Waals surface area contributed by atoms with E-state index < -0.39 is 5.60 Å². The molecule has 1 amide bonds. The van der Waals surface area contributed by atoms with Gasteiger partial charge in [-0.15, -0.1) is 0 Å². The fourth-order valence-corrected chi connectivity index (χ4v) is 1.48. The fourth-order valence-electron chi connectivity index (χ4n) is 1.38. The molecule has 0 radical (unpaired) electrons. The summed E-state index contributed by atoms with van der Waals surface area (Å²) in [5, 5.41) is 9.95. The number of aliphatic hydroxyl groups is 1. The summed E-state index contributed by atoms with van der Waals surface area (Å²) in [6.07, 6.45) is 2.66. The second-order valence-corrected chi connectivity index (χ2v) is 4.74. The molecule has 5 nitrogen and oxygen atoms in total. The summed E-state index contributed by atoms with van der Waals surface area (Å²) in [5.41, 5.74) is -0.716. The van der Waals surface area contributed by atoms with Crippen LogP contribution in [-0.4, -0.2) is 44.6 Å². The van der Waals surface area contributed by atoms with Crippen LogP contribution in [0.25, 0.3) is 0 Å². The fraction of sp³-hybridized carbons (Fsp3) is 0.545. The Bertz CT molecular complexity index is 387. The number of rotatable bonds is 4. The van der Waals surface area contributed by atoms with Crippen molar-refractivity contribution in [3.05, 3.63) is 23.2 Å². The zero-order valence-electron chi connectivity index (χ0n) is 10.1. The van der Waals surface area contributed by atoms with Crippen LogP contribution in [0.1, 0.15) is 31.3 Å². The molecule has 17 heavy (non-hydrogen) atoms. The normalized spacial score (nSPS) is 11.4. The quantitative estimate of drug-likeness (QED) is 0.885. The number of amides is 1. The lowest BCUT2D eigenvalue weighted by atomic mass is 10.1. The Hall–Kier alpha value is -1.20. The molecule has 1 rings (SSSR count). The first-order valence-electron chi connectivity index (χ1n) is 5.32. The van der Waals surface area contributed by atoms with Crippen molar-refractivity contribution in [1.29, 1.82) is 0 Å². The summed E-state index contributed by atoms with van der Waals surface area (Å²) in [6, 6.07) is 0. The minimum atomic E-state index is -0.939. The lowest BCUT2D eigenvalue weighted by Crippen LogP contribution is -2.42. The van der Waals surface area contributed by atoms with Gasteiger partial charge in [0.2, 0.25) is 0 Å². The Balaban J connectivity index is 2.83. The van der Waals surface area contributed by atoms with Crippen molar-refractivity contribution in [2.75, 3.05) is 13.1 Å². The molecule has 0 spiro atoms. The van der Waals surface area contributed by atoms with E-state index in [0.29, 0.717) is 6.54 Å². The third kappa shape index (κ3) is 4.28. The maximum absolute atomic E-state index is 12.0. The van der Waals surface area contributed by atoms with Crippen molar-refractivity contribution in [1.82, 2.24) is 14.9 Å². The Labute approximate surface area is 105 Å².